The highest BCUT2D eigenvalue weighted by Gasteiger charge is 2.18. The van der Waals surface area contributed by atoms with Crippen molar-refractivity contribution in [2.45, 2.75) is 26.2 Å². The van der Waals surface area contributed by atoms with Crippen LogP contribution in [0, 0.1) is 0 Å². The van der Waals surface area contributed by atoms with Crippen molar-refractivity contribution in [2.75, 3.05) is 5.32 Å². The van der Waals surface area contributed by atoms with Gasteiger partial charge in [-0.1, -0.05) is 148 Å². The molecule has 0 spiro atoms. The van der Waals surface area contributed by atoms with E-state index in [0.717, 1.165) is 39.1 Å². The molecule has 232 valence electrons. The third-order valence-electron chi connectivity index (χ3n) is 8.80. The Morgan fingerprint density at radius 1 is 0.521 bits per heavy atom. The van der Waals surface area contributed by atoms with Gasteiger partial charge in [-0.2, -0.15) is 0 Å². The summed E-state index contributed by atoms with van der Waals surface area (Å²) in [7, 11) is 0. The molecule has 0 aliphatic heterocycles. The molecule has 0 fully saturated rings. The number of para-hydroxylation sites is 2. The van der Waals surface area contributed by atoms with Crippen molar-refractivity contribution in [2.24, 2.45) is 0 Å². The lowest BCUT2D eigenvalue weighted by Gasteiger charge is -2.22. The molecular weight excluding hydrogens is 581 g/mol. The maximum absolute atomic E-state index is 8.97. The van der Waals surface area contributed by atoms with Gasteiger partial charge in [0.15, 0.2) is 0 Å². The molecule has 0 aliphatic carbocycles. The Labute approximate surface area is 294 Å². The van der Waals surface area contributed by atoms with E-state index in [1.54, 1.807) is 6.07 Å². The lowest BCUT2D eigenvalue weighted by atomic mass is 9.85. The maximum atomic E-state index is 8.97. The quantitative estimate of drug-likeness (QED) is 0.194. The summed E-state index contributed by atoms with van der Waals surface area (Å²) in [4.78, 5) is 0. The predicted octanol–water partition coefficient (Wildman–Crippen LogP) is 12.8. The number of hydrogen-bond acceptors (Lipinski definition) is 1. The van der Waals surface area contributed by atoms with Gasteiger partial charge in [0.1, 0.15) is 0 Å². The average Bonchev–Trinajstić information content (AvgIpc) is 3.58. The van der Waals surface area contributed by atoms with E-state index in [1.807, 2.05) is 54.6 Å². The monoisotopic (exact) mass is 626 g/mol. The minimum Gasteiger partial charge on any atom is -0.354 e. The van der Waals surface area contributed by atoms with Gasteiger partial charge in [0.25, 0.3) is 0 Å². The van der Waals surface area contributed by atoms with Crippen LogP contribution in [0.25, 0.3) is 60.9 Å². The van der Waals surface area contributed by atoms with Crippen molar-refractivity contribution < 1.29 is 11.0 Å². The SMILES string of the molecule is [2H]c1c([2H])c([2H])c2c(c1[2H])c1c([2H])c([2H])c([2H])c([2H])c1n2-c1cccc(Nc2c(-c3ccccc3)cc(-c3ccc(C(C)(C)C)cc3)cc2-c2ccccc2)c1. The topological polar surface area (TPSA) is 17.0 Å². The molecule has 1 aromatic heterocycles. The normalized spacial score (nSPS) is 14.0. The van der Waals surface area contributed by atoms with E-state index in [4.69, 9.17) is 11.0 Å². The summed E-state index contributed by atoms with van der Waals surface area (Å²) in [5.41, 5.74) is 9.47. The van der Waals surface area contributed by atoms with Gasteiger partial charge in [-0.3, -0.25) is 0 Å². The summed E-state index contributed by atoms with van der Waals surface area (Å²) in [5, 5.41) is 3.81. The van der Waals surface area contributed by atoms with Gasteiger partial charge in [0.2, 0.25) is 0 Å². The lowest BCUT2D eigenvalue weighted by Crippen LogP contribution is -2.10. The second kappa shape index (κ2) is 12.1. The first-order chi connectivity index (χ1) is 26.8. The summed E-state index contributed by atoms with van der Waals surface area (Å²) in [6.45, 7) is 6.62. The summed E-state index contributed by atoms with van der Waals surface area (Å²) >= 11 is 0. The van der Waals surface area contributed by atoms with Crippen LogP contribution in [0.1, 0.15) is 37.3 Å². The van der Waals surface area contributed by atoms with Gasteiger partial charge in [-0.25, -0.2) is 0 Å². The van der Waals surface area contributed by atoms with E-state index in [2.05, 4.69) is 86.8 Å². The first-order valence-corrected chi connectivity index (χ1v) is 16.0. The van der Waals surface area contributed by atoms with Gasteiger partial charge in [0.05, 0.1) is 27.7 Å². The van der Waals surface area contributed by atoms with E-state index < -0.39 is 24.2 Å². The molecule has 0 atom stereocenters. The van der Waals surface area contributed by atoms with E-state index >= 15 is 0 Å². The molecule has 0 amide bonds. The van der Waals surface area contributed by atoms with Crippen LogP contribution in [0.4, 0.5) is 11.4 Å². The van der Waals surface area contributed by atoms with Crippen molar-refractivity contribution in [3.05, 3.63) is 175 Å². The standard InChI is InChI=1S/C46H38N2/c1-46(2,3)36-27-25-32(26-28-36)35-29-41(33-15-6-4-7-16-33)45(42(30-35)34-17-8-5-9-18-34)47-37-19-14-20-38(31-37)48-43-23-12-10-21-39(43)40-22-11-13-24-44(40)48/h4-31,47H,1-3H3/i10D,11D,12D,13D,21D,22D,23D,24D. The first kappa shape index (κ1) is 21.8. The molecule has 0 unspecified atom stereocenters. The number of benzene rings is 7. The fourth-order valence-electron chi connectivity index (χ4n) is 6.34. The number of aromatic nitrogens is 1. The molecule has 7 aromatic carbocycles. The number of anilines is 2. The van der Waals surface area contributed by atoms with Crippen LogP contribution in [0.3, 0.4) is 0 Å². The lowest BCUT2D eigenvalue weighted by molar-refractivity contribution is 0.590. The zero-order valence-corrected chi connectivity index (χ0v) is 27.0. The molecule has 0 saturated heterocycles. The average molecular weight is 627 g/mol. The molecule has 0 saturated carbocycles. The van der Waals surface area contributed by atoms with Gasteiger partial charge >= 0.3 is 0 Å². The highest BCUT2D eigenvalue weighted by atomic mass is 15.0. The Morgan fingerprint density at radius 2 is 1.06 bits per heavy atom. The minimum absolute atomic E-state index is 0.0179. The summed E-state index contributed by atoms with van der Waals surface area (Å²) in [6, 6.07) is 37.5. The van der Waals surface area contributed by atoms with Crippen LogP contribution in [-0.4, -0.2) is 4.57 Å². The Morgan fingerprint density at radius 3 is 1.60 bits per heavy atom. The third-order valence-corrected chi connectivity index (χ3v) is 8.80. The zero-order valence-electron chi connectivity index (χ0n) is 35.0. The summed E-state index contributed by atoms with van der Waals surface area (Å²) < 4.78 is 71.0. The van der Waals surface area contributed by atoms with E-state index in [9.17, 15) is 0 Å². The molecule has 48 heavy (non-hydrogen) atoms. The molecule has 2 heteroatoms. The third kappa shape index (κ3) is 5.46. The number of nitrogens with one attached hydrogen (secondary N) is 1. The molecule has 0 bridgehead atoms. The Hall–Kier alpha value is -5.86. The number of nitrogens with zero attached hydrogens (tertiary/aromatic N) is 1. The number of fused-ring (bicyclic) bond motifs is 3. The van der Waals surface area contributed by atoms with Crippen LogP contribution < -0.4 is 5.32 Å². The number of rotatable bonds is 6. The van der Waals surface area contributed by atoms with E-state index in [1.165, 1.54) is 10.1 Å². The largest absolute Gasteiger partial charge is 0.354 e. The van der Waals surface area contributed by atoms with Crippen molar-refractivity contribution in [1.82, 2.24) is 4.57 Å². The Kier molecular flexibility index (Phi) is 5.49. The predicted molar refractivity (Wildman–Crippen MR) is 206 cm³/mol. The molecular formula is C46H38N2. The molecule has 8 aromatic rings. The molecule has 0 aliphatic rings. The van der Waals surface area contributed by atoms with E-state index in [0.29, 0.717) is 11.4 Å². The molecule has 1 heterocycles. The smallest absolute Gasteiger partial charge is 0.0645 e. The fraction of sp³-hybridized carbons (Fsp3) is 0.0870. The van der Waals surface area contributed by atoms with Crippen LogP contribution in [0.15, 0.2) is 170 Å². The van der Waals surface area contributed by atoms with Crippen molar-refractivity contribution in [3.8, 4) is 39.1 Å². The maximum Gasteiger partial charge on any atom is 0.0645 e. The molecule has 1 N–H and O–H groups in total. The van der Waals surface area contributed by atoms with Crippen LogP contribution in [-0.2, 0) is 5.41 Å². The van der Waals surface area contributed by atoms with Crippen LogP contribution in [0.2, 0.25) is 0 Å². The highest BCUT2D eigenvalue weighted by molar-refractivity contribution is 6.09. The van der Waals surface area contributed by atoms with Gasteiger partial charge in [-0.05, 0) is 75.6 Å². The molecule has 8 rings (SSSR count). The second-order valence-corrected chi connectivity index (χ2v) is 13.0. The Balaban J connectivity index is 1.37. The van der Waals surface area contributed by atoms with Gasteiger partial charge in [-0.15, -0.1) is 0 Å². The van der Waals surface area contributed by atoms with Crippen molar-refractivity contribution >= 4 is 33.2 Å². The second-order valence-electron chi connectivity index (χ2n) is 13.0. The van der Waals surface area contributed by atoms with Crippen LogP contribution in [0.5, 0.6) is 0 Å². The van der Waals surface area contributed by atoms with Crippen molar-refractivity contribution in [1.29, 1.82) is 0 Å². The van der Waals surface area contributed by atoms with Crippen LogP contribution >= 0.6 is 0 Å². The summed E-state index contributed by atoms with van der Waals surface area (Å²) in [5.74, 6) is 0. The fourth-order valence-corrected chi connectivity index (χ4v) is 6.34. The molecule has 0 radical (unpaired) electrons. The minimum atomic E-state index is -0.472. The van der Waals surface area contributed by atoms with E-state index in [-0.39, 0.29) is 51.4 Å². The van der Waals surface area contributed by atoms with Gasteiger partial charge in [0, 0.05) is 33.3 Å². The van der Waals surface area contributed by atoms with Crippen molar-refractivity contribution in [3.63, 3.8) is 0 Å². The Bertz CT molecular complexity index is 2690. The highest BCUT2D eigenvalue weighted by Crippen LogP contribution is 2.43. The van der Waals surface area contributed by atoms with Gasteiger partial charge < -0.3 is 9.88 Å². The molecule has 2 nitrogen and oxygen atoms in total. The number of hydrogen-bond donors (Lipinski definition) is 1. The zero-order chi connectivity index (χ0) is 39.6. The summed E-state index contributed by atoms with van der Waals surface area (Å²) in [6.07, 6.45) is 0. The first-order valence-electron chi connectivity index (χ1n) is 20.0.